The van der Waals surface area contributed by atoms with Gasteiger partial charge in [-0.3, -0.25) is 4.79 Å². The van der Waals surface area contributed by atoms with Crippen molar-refractivity contribution in [1.82, 2.24) is 10.2 Å². The minimum Gasteiger partial charge on any atom is -0.358 e. The van der Waals surface area contributed by atoms with Gasteiger partial charge in [-0.2, -0.15) is 0 Å². The standard InChI is InChI=1S/C19H26N2OS2/c1-14(16-9-8-15-6-2-3-7-17(15)12-16)20-18(22)13-24-19(23)21-10-4-5-11-21/h8-9,12,14H,2-7,10-11,13H2,1H3,(H,20,22)/t14-/m0/s1. The maximum absolute atomic E-state index is 12.2. The number of nitrogens with zero attached hydrogens (tertiary/aromatic N) is 1. The molecule has 0 radical (unpaired) electrons. The van der Waals surface area contributed by atoms with Gasteiger partial charge in [0.15, 0.2) is 0 Å². The first-order valence-corrected chi connectivity index (χ1v) is 10.4. The number of thioether (sulfide) groups is 1. The van der Waals surface area contributed by atoms with Gasteiger partial charge in [-0.05, 0) is 62.1 Å². The zero-order chi connectivity index (χ0) is 16.9. The molecule has 0 spiro atoms. The van der Waals surface area contributed by atoms with E-state index in [1.807, 2.05) is 0 Å². The number of nitrogens with one attached hydrogen (secondary N) is 1. The van der Waals surface area contributed by atoms with Crippen molar-refractivity contribution in [1.29, 1.82) is 0 Å². The molecule has 3 nitrogen and oxygen atoms in total. The van der Waals surface area contributed by atoms with Crippen LogP contribution in [0.2, 0.25) is 0 Å². The lowest BCUT2D eigenvalue weighted by atomic mass is 9.89. The van der Waals surface area contributed by atoms with Crippen molar-refractivity contribution in [2.24, 2.45) is 0 Å². The van der Waals surface area contributed by atoms with E-state index >= 15 is 0 Å². The van der Waals surface area contributed by atoms with Gasteiger partial charge in [0.1, 0.15) is 4.32 Å². The van der Waals surface area contributed by atoms with Crippen LogP contribution in [0.15, 0.2) is 18.2 Å². The molecule has 1 aromatic carbocycles. The molecule has 0 bridgehead atoms. The first-order valence-electron chi connectivity index (χ1n) is 8.96. The van der Waals surface area contributed by atoms with E-state index in [2.05, 4.69) is 35.3 Å². The number of aryl methyl sites for hydroxylation is 2. The van der Waals surface area contributed by atoms with E-state index in [4.69, 9.17) is 12.2 Å². The number of carbonyl (C=O) groups is 1. The van der Waals surface area contributed by atoms with E-state index < -0.39 is 0 Å². The minimum atomic E-state index is 0.0469. The second kappa shape index (κ2) is 8.34. The van der Waals surface area contributed by atoms with Gasteiger partial charge in [-0.15, -0.1) is 0 Å². The molecule has 1 amide bonds. The summed E-state index contributed by atoms with van der Waals surface area (Å²) < 4.78 is 0.865. The fourth-order valence-corrected chi connectivity index (χ4v) is 4.57. The summed E-state index contributed by atoms with van der Waals surface area (Å²) in [6, 6.07) is 6.73. The van der Waals surface area contributed by atoms with Crippen molar-refractivity contribution in [2.75, 3.05) is 18.8 Å². The molecule has 0 aromatic heterocycles. The molecule has 1 aromatic rings. The highest BCUT2D eigenvalue weighted by atomic mass is 32.2. The summed E-state index contributed by atoms with van der Waals surface area (Å²) in [4.78, 5) is 14.4. The van der Waals surface area contributed by atoms with Gasteiger partial charge >= 0.3 is 0 Å². The molecule has 130 valence electrons. The second-order valence-corrected chi connectivity index (χ2v) is 8.38. The quantitative estimate of drug-likeness (QED) is 0.825. The Morgan fingerprint density at radius 3 is 2.67 bits per heavy atom. The molecule has 1 atom stereocenters. The number of rotatable bonds is 4. The first kappa shape index (κ1) is 17.7. The highest BCUT2D eigenvalue weighted by Gasteiger charge is 2.18. The summed E-state index contributed by atoms with van der Waals surface area (Å²) in [5.41, 5.74) is 4.15. The SMILES string of the molecule is C[C@H](NC(=O)CSC(=S)N1CCCC1)c1ccc2c(c1)CCCC2. The normalized spacial score (nSPS) is 18.1. The van der Waals surface area contributed by atoms with Crippen LogP contribution in [-0.2, 0) is 17.6 Å². The van der Waals surface area contributed by atoms with Crippen LogP contribution in [0.1, 0.15) is 55.3 Å². The molecule has 24 heavy (non-hydrogen) atoms. The Hall–Kier alpha value is -1.07. The van der Waals surface area contributed by atoms with E-state index in [1.165, 1.54) is 67.0 Å². The lowest BCUT2D eigenvalue weighted by Crippen LogP contribution is -2.30. The number of likely N-dealkylation sites (tertiary alicyclic amines) is 1. The van der Waals surface area contributed by atoms with E-state index in [1.54, 1.807) is 0 Å². The summed E-state index contributed by atoms with van der Waals surface area (Å²) in [6.07, 6.45) is 7.36. The molecular weight excluding hydrogens is 336 g/mol. The summed E-state index contributed by atoms with van der Waals surface area (Å²) >= 11 is 6.90. The van der Waals surface area contributed by atoms with E-state index in [-0.39, 0.29) is 11.9 Å². The maximum Gasteiger partial charge on any atom is 0.230 e. The molecule has 1 saturated heterocycles. The topological polar surface area (TPSA) is 32.3 Å². The maximum atomic E-state index is 12.2. The molecule has 1 heterocycles. The molecule has 3 rings (SSSR count). The van der Waals surface area contributed by atoms with Gasteiger partial charge in [0.2, 0.25) is 5.91 Å². The van der Waals surface area contributed by atoms with Crippen molar-refractivity contribution >= 4 is 34.2 Å². The molecule has 1 N–H and O–H groups in total. The van der Waals surface area contributed by atoms with Gasteiger partial charge in [0, 0.05) is 13.1 Å². The summed E-state index contributed by atoms with van der Waals surface area (Å²) in [5.74, 6) is 0.469. The van der Waals surface area contributed by atoms with Crippen LogP contribution in [0.3, 0.4) is 0 Å². The lowest BCUT2D eigenvalue weighted by Gasteiger charge is -2.20. The van der Waals surface area contributed by atoms with Gasteiger partial charge in [-0.25, -0.2) is 0 Å². The molecule has 2 aliphatic rings. The van der Waals surface area contributed by atoms with Crippen molar-refractivity contribution in [2.45, 2.75) is 51.5 Å². The third-order valence-corrected chi connectivity index (χ3v) is 6.46. The van der Waals surface area contributed by atoms with Crippen LogP contribution in [-0.4, -0.2) is 34.0 Å². The Labute approximate surface area is 154 Å². The third kappa shape index (κ3) is 4.51. The van der Waals surface area contributed by atoms with Gasteiger partial charge in [-0.1, -0.05) is 42.2 Å². The van der Waals surface area contributed by atoms with Gasteiger partial charge in [0.05, 0.1) is 11.8 Å². The van der Waals surface area contributed by atoms with Crippen LogP contribution < -0.4 is 5.32 Å². The monoisotopic (exact) mass is 362 g/mol. The van der Waals surface area contributed by atoms with Crippen LogP contribution in [0.5, 0.6) is 0 Å². The van der Waals surface area contributed by atoms with Crippen LogP contribution >= 0.6 is 24.0 Å². The zero-order valence-corrected chi connectivity index (χ0v) is 16.0. The average molecular weight is 363 g/mol. The molecule has 1 aliphatic heterocycles. The van der Waals surface area contributed by atoms with Crippen molar-refractivity contribution in [3.05, 3.63) is 34.9 Å². The Kier molecular flexibility index (Phi) is 6.17. The number of hydrogen-bond donors (Lipinski definition) is 1. The lowest BCUT2D eigenvalue weighted by molar-refractivity contribution is -0.119. The fourth-order valence-electron chi connectivity index (χ4n) is 3.51. The van der Waals surface area contributed by atoms with Gasteiger partial charge < -0.3 is 10.2 Å². The molecular formula is C19H26N2OS2. The Bertz CT molecular complexity index is 611. The Morgan fingerprint density at radius 1 is 1.21 bits per heavy atom. The first-order chi connectivity index (χ1) is 11.6. The van der Waals surface area contributed by atoms with Crippen molar-refractivity contribution < 1.29 is 4.79 Å². The molecule has 1 fully saturated rings. The van der Waals surface area contributed by atoms with E-state index in [0.29, 0.717) is 5.75 Å². The molecule has 0 unspecified atom stereocenters. The Morgan fingerprint density at radius 2 is 1.92 bits per heavy atom. The third-order valence-electron chi connectivity index (χ3n) is 4.94. The summed E-state index contributed by atoms with van der Waals surface area (Å²) in [5, 5.41) is 3.11. The predicted octanol–water partition coefficient (Wildman–Crippen LogP) is 3.86. The average Bonchev–Trinajstić information content (AvgIpc) is 3.14. The number of hydrogen-bond acceptors (Lipinski definition) is 3. The number of amides is 1. The molecule has 5 heteroatoms. The minimum absolute atomic E-state index is 0.0469. The summed E-state index contributed by atoms with van der Waals surface area (Å²) in [7, 11) is 0. The fraction of sp³-hybridized carbons (Fsp3) is 0.579. The Balaban J connectivity index is 1.49. The molecule has 1 aliphatic carbocycles. The summed E-state index contributed by atoms with van der Waals surface area (Å²) in [6.45, 7) is 4.14. The largest absolute Gasteiger partial charge is 0.358 e. The number of carbonyl (C=O) groups excluding carboxylic acids is 1. The van der Waals surface area contributed by atoms with Crippen LogP contribution in [0, 0.1) is 0 Å². The smallest absolute Gasteiger partial charge is 0.230 e. The van der Waals surface area contributed by atoms with Crippen molar-refractivity contribution in [3.8, 4) is 0 Å². The van der Waals surface area contributed by atoms with Crippen molar-refractivity contribution in [3.63, 3.8) is 0 Å². The number of fused-ring (bicyclic) bond motifs is 1. The van der Waals surface area contributed by atoms with E-state index in [9.17, 15) is 4.79 Å². The predicted molar refractivity (Wildman–Crippen MR) is 106 cm³/mol. The highest BCUT2D eigenvalue weighted by Crippen LogP contribution is 2.25. The molecule has 0 saturated carbocycles. The number of thiocarbonyl (C=S) groups is 1. The van der Waals surface area contributed by atoms with Crippen LogP contribution in [0.4, 0.5) is 0 Å². The highest BCUT2D eigenvalue weighted by molar-refractivity contribution is 8.23. The second-order valence-electron chi connectivity index (χ2n) is 6.77. The number of benzene rings is 1. The van der Waals surface area contributed by atoms with Gasteiger partial charge in [0.25, 0.3) is 0 Å². The van der Waals surface area contributed by atoms with Crippen LogP contribution in [0.25, 0.3) is 0 Å². The zero-order valence-electron chi connectivity index (χ0n) is 14.3. The van der Waals surface area contributed by atoms with E-state index in [0.717, 1.165) is 17.4 Å².